The van der Waals surface area contributed by atoms with Crippen molar-refractivity contribution in [3.05, 3.63) is 206 Å². The number of nitrogens with zero attached hydrogens (tertiary/aromatic N) is 3. The minimum Gasteiger partial charge on any atom is -0.309 e. The third-order valence-electron chi connectivity index (χ3n) is 10.6. The fraction of sp³-hybridized carbons (Fsp3) is 0. The SMILES string of the molecule is N#Cc1ccccc1-c1cc(-c2cccc(-c3ccc(-c4ccccc4)cc3)n2)cc(-n2c3ccccc3c3ccc(-c4ccc5ccccc5c4)cc32)c1. The summed E-state index contributed by atoms with van der Waals surface area (Å²) in [5, 5.41) is 15.0. The Morgan fingerprint density at radius 3 is 1.85 bits per heavy atom. The Hall–Kier alpha value is -7.54. The molecule has 0 saturated heterocycles. The normalized spacial score (nSPS) is 11.3. The Morgan fingerprint density at radius 2 is 1.00 bits per heavy atom. The lowest BCUT2D eigenvalue weighted by Gasteiger charge is -2.15. The van der Waals surface area contributed by atoms with Crippen LogP contribution in [0.15, 0.2) is 200 Å². The van der Waals surface area contributed by atoms with Crippen LogP contribution in [-0.4, -0.2) is 9.55 Å². The van der Waals surface area contributed by atoms with E-state index < -0.39 is 0 Å². The van der Waals surface area contributed by atoms with Gasteiger partial charge < -0.3 is 4.57 Å². The molecule has 0 fully saturated rings. The predicted octanol–water partition coefficient (Wildman–Crippen LogP) is 13.5. The fourth-order valence-electron chi connectivity index (χ4n) is 7.89. The number of pyridine rings is 1. The Bertz CT molecular complexity index is 3090. The number of hydrogen-bond donors (Lipinski definition) is 0. The van der Waals surface area contributed by atoms with Gasteiger partial charge in [0.05, 0.1) is 34.1 Å². The van der Waals surface area contributed by atoms with Gasteiger partial charge in [0, 0.05) is 27.6 Å². The minimum absolute atomic E-state index is 0.631. The first-order valence-electron chi connectivity index (χ1n) is 18.5. The molecular formula is C52H33N3. The topological polar surface area (TPSA) is 41.6 Å². The molecule has 3 heteroatoms. The van der Waals surface area contributed by atoms with Crippen molar-refractivity contribution in [1.29, 1.82) is 5.26 Å². The first-order valence-corrected chi connectivity index (χ1v) is 18.5. The zero-order valence-corrected chi connectivity index (χ0v) is 29.9. The third-order valence-corrected chi connectivity index (χ3v) is 10.6. The number of rotatable bonds is 6. The molecule has 10 aromatic rings. The van der Waals surface area contributed by atoms with E-state index >= 15 is 0 Å². The standard InChI is InChI=1S/C52H33N3/c53-34-42-15-6-7-16-46(42)43-30-44(50-19-10-18-49(54-50)38-24-21-37(22-25-38)35-11-2-1-3-12-35)32-45(31-43)55-51-20-9-8-17-47(51)48-28-27-41(33-52(48)55)40-26-23-36-13-4-5-14-39(36)29-40/h1-33H. The second-order valence-corrected chi connectivity index (χ2v) is 13.9. The quantitative estimate of drug-likeness (QED) is 0.173. The van der Waals surface area contributed by atoms with Gasteiger partial charge in [0.15, 0.2) is 0 Å². The average Bonchev–Trinajstić information content (AvgIpc) is 3.60. The van der Waals surface area contributed by atoms with Crippen molar-refractivity contribution in [2.45, 2.75) is 0 Å². The molecule has 0 aliphatic heterocycles. The molecular weight excluding hydrogens is 667 g/mol. The van der Waals surface area contributed by atoms with E-state index in [2.05, 4.69) is 180 Å². The van der Waals surface area contributed by atoms with Crippen LogP contribution >= 0.6 is 0 Å². The molecule has 0 saturated carbocycles. The predicted molar refractivity (Wildman–Crippen MR) is 228 cm³/mol. The van der Waals surface area contributed by atoms with Crippen LogP contribution in [0.25, 0.3) is 94.2 Å². The molecule has 2 aromatic heterocycles. The first kappa shape index (κ1) is 32.1. The smallest absolute Gasteiger partial charge is 0.0998 e. The first-order chi connectivity index (χ1) is 27.2. The highest BCUT2D eigenvalue weighted by Crippen LogP contribution is 2.39. The number of fused-ring (bicyclic) bond motifs is 4. The van der Waals surface area contributed by atoms with Crippen molar-refractivity contribution in [2.75, 3.05) is 0 Å². The Kier molecular flexibility index (Phi) is 7.86. The molecule has 0 radical (unpaired) electrons. The molecule has 0 amide bonds. The molecule has 2 heterocycles. The van der Waals surface area contributed by atoms with Crippen LogP contribution in [0.3, 0.4) is 0 Å². The monoisotopic (exact) mass is 699 g/mol. The summed E-state index contributed by atoms with van der Waals surface area (Å²) in [6.07, 6.45) is 0. The van der Waals surface area contributed by atoms with Gasteiger partial charge in [0.1, 0.15) is 0 Å². The Morgan fingerprint density at radius 1 is 0.382 bits per heavy atom. The van der Waals surface area contributed by atoms with Crippen molar-refractivity contribution in [3.8, 4) is 67.7 Å². The van der Waals surface area contributed by atoms with Gasteiger partial charge in [-0.3, -0.25) is 0 Å². The van der Waals surface area contributed by atoms with Crippen molar-refractivity contribution >= 4 is 32.6 Å². The van der Waals surface area contributed by atoms with E-state index in [0.717, 1.165) is 55.9 Å². The summed E-state index contributed by atoms with van der Waals surface area (Å²) < 4.78 is 2.36. The Balaban J connectivity index is 1.16. The number of nitriles is 1. The zero-order valence-electron chi connectivity index (χ0n) is 29.9. The van der Waals surface area contributed by atoms with Gasteiger partial charge in [0.25, 0.3) is 0 Å². The van der Waals surface area contributed by atoms with Crippen LogP contribution in [0.5, 0.6) is 0 Å². The van der Waals surface area contributed by atoms with Crippen molar-refractivity contribution in [1.82, 2.24) is 9.55 Å². The van der Waals surface area contributed by atoms with Crippen LogP contribution in [0.2, 0.25) is 0 Å². The van der Waals surface area contributed by atoms with Gasteiger partial charge in [-0.2, -0.15) is 5.26 Å². The molecule has 0 spiro atoms. The highest BCUT2D eigenvalue weighted by molar-refractivity contribution is 6.10. The van der Waals surface area contributed by atoms with Gasteiger partial charge in [0.2, 0.25) is 0 Å². The summed E-state index contributed by atoms with van der Waals surface area (Å²) >= 11 is 0. The van der Waals surface area contributed by atoms with E-state index in [4.69, 9.17) is 4.98 Å². The van der Waals surface area contributed by atoms with Crippen molar-refractivity contribution in [3.63, 3.8) is 0 Å². The molecule has 0 bridgehead atoms. The summed E-state index contributed by atoms with van der Waals surface area (Å²) in [5.41, 5.74) is 14.2. The number of para-hydroxylation sites is 1. The van der Waals surface area contributed by atoms with E-state index in [1.807, 2.05) is 30.3 Å². The van der Waals surface area contributed by atoms with Crippen molar-refractivity contribution in [2.24, 2.45) is 0 Å². The van der Waals surface area contributed by atoms with Crippen LogP contribution < -0.4 is 0 Å². The van der Waals surface area contributed by atoms with Gasteiger partial charge in [-0.15, -0.1) is 0 Å². The lowest BCUT2D eigenvalue weighted by molar-refractivity contribution is 1.18. The third kappa shape index (κ3) is 5.83. The maximum atomic E-state index is 10.2. The highest BCUT2D eigenvalue weighted by atomic mass is 15.0. The van der Waals surface area contributed by atoms with Gasteiger partial charge in [-0.25, -0.2) is 4.98 Å². The Labute approximate surface area is 319 Å². The summed E-state index contributed by atoms with van der Waals surface area (Å²) in [7, 11) is 0. The maximum Gasteiger partial charge on any atom is 0.0998 e. The zero-order chi connectivity index (χ0) is 36.7. The summed E-state index contributed by atoms with van der Waals surface area (Å²) in [6, 6.07) is 72.7. The highest BCUT2D eigenvalue weighted by Gasteiger charge is 2.17. The summed E-state index contributed by atoms with van der Waals surface area (Å²) in [4.78, 5) is 5.24. The maximum absolute atomic E-state index is 10.2. The molecule has 0 N–H and O–H groups in total. The van der Waals surface area contributed by atoms with Crippen LogP contribution in [0.4, 0.5) is 0 Å². The fourth-order valence-corrected chi connectivity index (χ4v) is 7.89. The van der Waals surface area contributed by atoms with Gasteiger partial charge in [-0.1, -0.05) is 146 Å². The lowest BCUT2D eigenvalue weighted by atomic mass is 9.96. The molecule has 0 atom stereocenters. The summed E-state index contributed by atoms with van der Waals surface area (Å²) in [6.45, 7) is 0. The van der Waals surface area contributed by atoms with Crippen LogP contribution in [0, 0.1) is 11.3 Å². The van der Waals surface area contributed by atoms with E-state index in [-0.39, 0.29) is 0 Å². The molecule has 0 aliphatic carbocycles. The van der Waals surface area contributed by atoms with E-state index in [0.29, 0.717) is 5.56 Å². The molecule has 8 aromatic carbocycles. The van der Waals surface area contributed by atoms with Gasteiger partial charge >= 0.3 is 0 Å². The van der Waals surface area contributed by atoms with E-state index in [1.54, 1.807) is 0 Å². The average molecular weight is 700 g/mol. The number of hydrogen-bond acceptors (Lipinski definition) is 2. The largest absolute Gasteiger partial charge is 0.309 e. The second-order valence-electron chi connectivity index (χ2n) is 13.9. The molecule has 256 valence electrons. The summed E-state index contributed by atoms with van der Waals surface area (Å²) in [5.74, 6) is 0. The van der Waals surface area contributed by atoms with Crippen LogP contribution in [-0.2, 0) is 0 Å². The minimum atomic E-state index is 0.631. The molecule has 10 rings (SSSR count). The molecule has 3 nitrogen and oxygen atoms in total. The molecule has 0 aliphatic rings. The van der Waals surface area contributed by atoms with Gasteiger partial charge in [-0.05, 0) is 98.8 Å². The van der Waals surface area contributed by atoms with E-state index in [9.17, 15) is 5.26 Å². The van der Waals surface area contributed by atoms with E-state index in [1.165, 1.54) is 38.2 Å². The molecule has 55 heavy (non-hydrogen) atoms. The van der Waals surface area contributed by atoms with Crippen molar-refractivity contribution < 1.29 is 0 Å². The second kappa shape index (κ2) is 13.5. The number of aromatic nitrogens is 2. The molecule has 0 unspecified atom stereocenters. The lowest BCUT2D eigenvalue weighted by Crippen LogP contribution is -1.97. The van der Waals surface area contributed by atoms with Crippen LogP contribution in [0.1, 0.15) is 5.56 Å². The number of benzene rings is 8.